The number of nitrogens with one attached hydrogen (secondary N) is 1. The number of nitrogens with zero attached hydrogens (tertiary/aromatic N) is 1. The largest absolute Gasteiger partial charge is 0.493 e. The number of halogens is 3. The molecule has 0 saturated carbocycles. The second kappa shape index (κ2) is 11.1. The molecule has 0 bridgehead atoms. The summed E-state index contributed by atoms with van der Waals surface area (Å²) >= 11 is 0. The predicted molar refractivity (Wildman–Crippen MR) is 124 cm³/mol. The second-order valence-corrected chi connectivity index (χ2v) is 7.71. The maximum atomic E-state index is 13.2. The topological polar surface area (TPSA) is 73.6 Å². The Morgan fingerprint density at radius 3 is 2.74 bits per heavy atom. The van der Waals surface area contributed by atoms with Gasteiger partial charge >= 0.3 is 12.1 Å². The van der Waals surface area contributed by atoms with Gasteiger partial charge in [-0.3, -0.25) is 4.79 Å². The molecule has 0 amide bonds. The molecular weight excluding hydrogens is 449 g/mol. The molecule has 3 rings (SSSR count). The van der Waals surface area contributed by atoms with Crippen LogP contribution in [-0.4, -0.2) is 31.4 Å². The van der Waals surface area contributed by atoms with Crippen LogP contribution in [0.4, 0.5) is 18.9 Å². The van der Waals surface area contributed by atoms with Crippen molar-refractivity contribution in [1.82, 2.24) is 5.16 Å². The number of alkyl halides is 3. The number of hydrogen-bond donors (Lipinski definition) is 1. The summed E-state index contributed by atoms with van der Waals surface area (Å²) in [7, 11) is 1.35. The Bertz CT molecular complexity index is 1160. The molecule has 2 aromatic carbocycles. The zero-order valence-corrected chi connectivity index (χ0v) is 19.1. The van der Waals surface area contributed by atoms with Gasteiger partial charge in [0.25, 0.3) is 0 Å². The summed E-state index contributed by atoms with van der Waals surface area (Å²) in [5.41, 5.74) is 2.25. The third kappa shape index (κ3) is 5.89. The van der Waals surface area contributed by atoms with Crippen molar-refractivity contribution in [2.75, 3.05) is 25.6 Å². The Balaban J connectivity index is 1.61. The van der Waals surface area contributed by atoms with Gasteiger partial charge in [-0.05, 0) is 48.2 Å². The minimum absolute atomic E-state index is 0.0578. The third-order valence-corrected chi connectivity index (χ3v) is 5.28. The Morgan fingerprint density at radius 1 is 1.26 bits per heavy atom. The van der Waals surface area contributed by atoms with E-state index in [0.717, 1.165) is 23.2 Å². The standard InChI is InChI=1S/C25H27F3N2O4/c1-4-7-18-21(11-9-19-23(18)34-30-24(19)25(26,27)28)33-13-6-12-29-20-10-8-16(14-17(20)5-2)15-22(31)32-3/h5,8-11,14,29H,2,4,6-7,12-13,15H2,1,3H3. The highest BCUT2D eigenvalue weighted by Gasteiger charge is 2.37. The molecule has 0 spiro atoms. The lowest BCUT2D eigenvalue weighted by atomic mass is 10.0. The highest BCUT2D eigenvalue weighted by molar-refractivity contribution is 5.85. The van der Waals surface area contributed by atoms with Gasteiger partial charge in [0, 0.05) is 17.8 Å². The Hall–Kier alpha value is -3.49. The van der Waals surface area contributed by atoms with Crippen LogP contribution in [-0.2, 0) is 28.5 Å². The smallest absolute Gasteiger partial charge is 0.437 e. The molecule has 0 fully saturated rings. The molecule has 0 aliphatic carbocycles. The van der Waals surface area contributed by atoms with E-state index in [9.17, 15) is 18.0 Å². The van der Waals surface area contributed by atoms with Crippen molar-refractivity contribution in [2.45, 2.75) is 38.8 Å². The van der Waals surface area contributed by atoms with Gasteiger partial charge in [0.15, 0.2) is 11.3 Å². The molecule has 0 aliphatic rings. The summed E-state index contributed by atoms with van der Waals surface area (Å²) in [6.45, 7) is 6.71. The SMILES string of the molecule is C=Cc1cc(CC(=O)OC)ccc1NCCCOc1ccc2c(C(F)(F)F)noc2c1CCC. The number of carbonyl (C=O) groups is 1. The molecule has 0 unspecified atom stereocenters. The van der Waals surface area contributed by atoms with Gasteiger partial charge in [0.2, 0.25) is 0 Å². The van der Waals surface area contributed by atoms with Crippen LogP contribution in [0.25, 0.3) is 17.0 Å². The number of ether oxygens (including phenoxy) is 2. The van der Waals surface area contributed by atoms with Gasteiger partial charge < -0.3 is 19.3 Å². The minimum atomic E-state index is -4.58. The maximum absolute atomic E-state index is 13.2. The highest BCUT2D eigenvalue weighted by Crippen LogP contribution is 2.38. The fraction of sp³-hybridized carbons (Fsp3) is 0.360. The van der Waals surface area contributed by atoms with Crippen molar-refractivity contribution in [3.8, 4) is 5.75 Å². The number of aromatic nitrogens is 1. The van der Waals surface area contributed by atoms with E-state index in [2.05, 4.69) is 17.1 Å². The van der Waals surface area contributed by atoms with Crippen molar-refractivity contribution in [1.29, 1.82) is 0 Å². The van der Waals surface area contributed by atoms with Gasteiger partial charge in [-0.1, -0.05) is 37.2 Å². The highest BCUT2D eigenvalue weighted by atomic mass is 19.4. The fourth-order valence-electron chi connectivity index (χ4n) is 3.64. The molecule has 0 aliphatic heterocycles. The zero-order valence-electron chi connectivity index (χ0n) is 19.1. The van der Waals surface area contributed by atoms with E-state index in [1.54, 1.807) is 12.1 Å². The Kier molecular flexibility index (Phi) is 8.20. The van der Waals surface area contributed by atoms with E-state index in [4.69, 9.17) is 14.0 Å². The number of rotatable bonds is 11. The van der Waals surface area contributed by atoms with Gasteiger partial charge in [0.05, 0.1) is 25.5 Å². The molecule has 0 radical (unpaired) electrons. The number of aryl methyl sites for hydroxylation is 1. The average Bonchev–Trinajstić information content (AvgIpc) is 3.25. The number of fused-ring (bicyclic) bond motifs is 1. The van der Waals surface area contributed by atoms with E-state index >= 15 is 0 Å². The first-order valence-electron chi connectivity index (χ1n) is 11.0. The molecule has 182 valence electrons. The molecule has 6 nitrogen and oxygen atoms in total. The van der Waals surface area contributed by atoms with Crippen molar-refractivity contribution in [3.05, 3.63) is 59.3 Å². The van der Waals surface area contributed by atoms with Crippen LogP contribution in [0.1, 0.15) is 42.1 Å². The van der Waals surface area contributed by atoms with Crippen molar-refractivity contribution in [3.63, 3.8) is 0 Å². The number of carbonyl (C=O) groups excluding carboxylic acids is 1. The molecule has 1 N–H and O–H groups in total. The number of hydrogen-bond acceptors (Lipinski definition) is 6. The molecule has 3 aromatic rings. The molecule has 0 atom stereocenters. The zero-order chi connectivity index (χ0) is 24.7. The van der Waals surface area contributed by atoms with Crippen LogP contribution in [0.3, 0.4) is 0 Å². The average molecular weight is 476 g/mol. The molecule has 0 saturated heterocycles. The molecule has 1 heterocycles. The van der Waals surface area contributed by atoms with Crippen LogP contribution in [0.5, 0.6) is 5.75 Å². The first-order valence-corrected chi connectivity index (χ1v) is 11.0. The van der Waals surface area contributed by atoms with Gasteiger partial charge in [-0.25, -0.2) is 0 Å². The molecule has 1 aromatic heterocycles. The fourth-order valence-corrected chi connectivity index (χ4v) is 3.64. The van der Waals surface area contributed by atoms with Crippen molar-refractivity contribution in [2.24, 2.45) is 0 Å². The number of methoxy groups -OCH3 is 1. The van der Waals surface area contributed by atoms with Crippen LogP contribution < -0.4 is 10.1 Å². The Morgan fingerprint density at radius 2 is 2.06 bits per heavy atom. The van der Waals surface area contributed by atoms with E-state index in [1.807, 2.05) is 25.1 Å². The molecule has 9 heteroatoms. The van der Waals surface area contributed by atoms with E-state index in [1.165, 1.54) is 13.2 Å². The molecule has 34 heavy (non-hydrogen) atoms. The predicted octanol–water partition coefficient (Wildman–Crippen LogP) is 6.04. The van der Waals surface area contributed by atoms with Crippen LogP contribution in [0, 0.1) is 0 Å². The number of anilines is 1. The summed E-state index contributed by atoms with van der Waals surface area (Å²) in [6.07, 6.45) is -0.809. The first kappa shape index (κ1) is 25.1. The quantitative estimate of drug-likeness (QED) is 0.269. The minimum Gasteiger partial charge on any atom is -0.493 e. The number of benzene rings is 2. The summed E-state index contributed by atoms with van der Waals surface area (Å²) < 4.78 is 55.1. The summed E-state index contributed by atoms with van der Waals surface area (Å²) in [5.74, 6) is 0.187. The summed E-state index contributed by atoms with van der Waals surface area (Å²) in [5, 5.41) is 6.49. The van der Waals surface area contributed by atoms with Gasteiger partial charge in [-0.2, -0.15) is 13.2 Å². The molecular formula is C25H27F3N2O4. The summed E-state index contributed by atoms with van der Waals surface area (Å²) in [6, 6.07) is 8.49. The van der Waals surface area contributed by atoms with Gasteiger partial charge in [0.1, 0.15) is 5.75 Å². The van der Waals surface area contributed by atoms with Crippen LogP contribution in [0.15, 0.2) is 41.4 Å². The van der Waals surface area contributed by atoms with Gasteiger partial charge in [-0.15, -0.1) is 0 Å². The monoisotopic (exact) mass is 476 g/mol. The second-order valence-electron chi connectivity index (χ2n) is 7.71. The van der Waals surface area contributed by atoms with E-state index in [0.29, 0.717) is 37.3 Å². The Labute approximate surface area is 195 Å². The van der Waals surface area contributed by atoms with Crippen LogP contribution >= 0.6 is 0 Å². The lowest BCUT2D eigenvalue weighted by Crippen LogP contribution is -2.10. The lowest BCUT2D eigenvalue weighted by molar-refractivity contribution is -0.141. The maximum Gasteiger partial charge on any atom is 0.437 e. The normalized spacial score (nSPS) is 11.4. The summed E-state index contributed by atoms with van der Waals surface area (Å²) in [4.78, 5) is 11.5. The third-order valence-electron chi connectivity index (χ3n) is 5.28. The number of esters is 1. The van der Waals surface area contributed by atoms with Crippen molar-refractivity contribution < 1.29 is 32.0 Å². The van der Waals surface area contributed by atoms with E-state index < -0.39 is 11.9 Å². The van der Waals surface area contributed by atoms with Crippen LogP contribution in [0.2, 0.25) is 0 Å². The van der Waals surface area contributed by atoms with E-state index in [-0.39, 0.29) is 23.4 Å². The lowest BCUT2D eigenvalue weighted by Gasteiger charge is -2.13. The first-order chi connectivity index (χ1) is 16.3. The van der Waals surface area contributed by atoms with Crippen molar-refractivity contribution >= 4 is 28.7 Å².